The van der Waals surface area contributed by atoms with Crippen LogP contribution in [0.15, 0.2) is 48.5 Å². The zero-order chi connectivity index (χ0) is 30.6. The molecule has 0 radical (unpaired) electrons. The van der Waals surface area contributed by atoms with Gasteiger partial charge in [0.25, 0.3) is 0 Å². The summed E-state index contributed by atoms with van der Waals surface area (Å²) in [6.07, 6.45) is 7.11. The van der Waals surface area contributed by atoms with Crippen LogP contribution in [0.5, 0.6) is 11.5 Å². The number of aromatic carboxylic acids is 1. The summed E-state index contributed by atoms with van der Waals surface area (Å²) >= 11 is 0. The number of piperidine rings is 1. The Hall–Kier alpha value is -3.43. The van der Waals surface area contributed by atoms with Crippen LogP contribution in [0, 0.1) is 5.92 Å². The first kappa shape index (κ1) is 31.0. The topological polar surface area (TPSA) is 119 Å². The molecule has 9 heteroatoms. The number of aliphatic hydroxyl groups is 1. The van der Waals surface area contributed by atoms with E-state index < -0.39 is 23.7 Å². The summed E-state index contributed by atoms with van der Waals surface area (Å²) < 4.78 is 5.89. The summed E-state index contributed by atoms with van der Waals surface area (Å²) in [7, 11) is 0. The first-order valence-electron chi connectivity index (χ1n) is 15.9. The standard InChI is InChI=1S/C34H45N3O6/c1-3-4-20-37-31(39)29(30(38)25-8-6-5-7-9-25)35-33(42)34(37)18-21-36(22-19-34)23(2)24-10-14-27(15-11-24)43-28-16-12-26(13-17-28)32(40)41/h10-17,23,25,29-30,38H,3-9,18-22H2,1-2H3,(H,35,42)(H,40,41)/t23?,29-,30-/m1/s1. The maximum Gasteiger partial charge on any atom is 0.335 e. The third-order valence-corrected chi connectivity index (χ3v) is 9.84. The number of rotatable bonds is 10. The Morgan fingerprint density at radius 1 is 1.00 bits per heavy atom. The molecule has 0 bridgehead atoms. The summed E-state index contributed by atoms with van der Waals surface area (Å²) in [5, 5.41) is 23.3. The van der Waals surface area contributed by atoms with E-state index >= 15 is 0 Å². The van der Waals surface area contributed by atoms with Crippen LogP contribution in [0.3, 0.4) is 0 Å². The number of hydrogen-bond acceptors (Lipinski definition) is 6. The molecule has 0 aromatic heterocycles. The zero-order valence-electron chi connectivity index (χ0n) is 25.3. The van der Waals surface area contributed by atoms with Gasteiger partial charge in [-0.05, 0) is 86.9 Å². The molecular weight excluding hydrogens is 546 g/mol. The van der Waals surface area contributed by atoms with Gasteiger partial charge in [0, 0.05) is 25.7 Å². The average molecular weight is 592 g/mol. The molecule has 2 amide bonds. The summed E-state index contributed by atoms with van der Waals surface area (Å²) in [6.45, 7) is 6.12. The third kappa shape index (κ3) is 6.58. The van der Waals surface area contributed by atoms with Crippen molar-refractivity contribution in [2.24, 2.45) is 5.92 Å². The minimum Gasteiger partial charge on any atom is -0.478 e. The first-order chi connectivity index (χ1) is 20.7. The number of nitrogens with zero attached hydrogens (tertiary/aromatic N) is 2. The summed E-state index contributed by atoms with van der Waals surface area (Å²) in [6, 6.07) is 13.4. The SMILES string of the molecule is CCCCN1C(=O)[C@@H]([C@H](O)C2CCCCC2)NC(=O)C12CCN(C(C)c1ccc(Oc3ccc(C(=O)O)cc3)cc1)CC2. The normalized spacial score (nSPS) is 22.7. The van der Waals surface area contributed by atoms with Gasteiger partial charge >= 0.3 is 5.97 Å². The highest BCUT2D eigenvalue weighted by Gasteiger charge is 2.55. The largest absolute Gasteiger partial charge is 0.478 e. The molecular formula is C34H45N3O6. The number of carboxylic acid groups (broad SMARTS) is 1. The molecule has 1 unspecified atom stereocenters. The molecule has 43 heavy (non-hydrogen) atoms. The molecule has 1 saturated carbocycles. The molecule has 2 aliphatic heterocycles. The Morgan fingerprint density at radius 3 is 2.19 bits per heavy atom. The summed E-state index contributed by atoms with van der Waals surface area (Å²) in [4.78, 5) is 42.9. The number of hydrogen-bond donors (Lipinski definition) is 3. The van der Waals surface area contributed by atoms with Crippen LogP contribution in [0.4, 0.5) is 0 Å². The van der Waals surface area contributed by atoms with Crippen molar-refractivity contribution in [1.29, 1.82) is 0 Å². The van der Waals surface area contributed by atoms with Crippen LogP contribution in [-0.4, -0.2) is 75.1 Å². The molecule has 232 valence electrons. The number of benzene rings is 2. The zero-order valence-corrected chi connectivity index (χ0v) is 25.3. The molecule has 2 saturated heterocycles. The number of aliphatic hydroxyl groups excluding tert-OH is 1. The van der Waals surface area contributed by atoms with Gasteiger partial charge in [0.1, 0.15) is 23.1 Å². The van der Waals surface area contributed by atoms with Crippen molar-refractivity contribution in [2.45, 2.75) is 95.4 Å². The Morgan fingerprint density at radius 2 is 1.60 bits per heavy atom. The second-order valence-electron chi connectivity index (χ2n) is 12.4. The lowest BCUT2D eigenvalue weighted by molar-refractivity contribution is -0.166. The Kier molecular flexibility index (Phi) is 9.72. The molecule has 2 aromatic carbocycles. The van der Waals surface area contributed by atoms with E-state index in [9.17, 15) is 19.5 Å². The number of carbonyl (C=O) groups is 3. The highest BCUT2D eigenvalue weighted by atomic mass is 16.5. The number of nitrogens with one attached hydrogen (secondary N) is 1. The van der Waals surface area contributed by atoms with Crippen molar-refractivity contribution < 1.29 is 29.3 Å². The molecule has 3 aliphatic rings. The van der Waals surface area contributed by atoms with E-state index in [4.69, 9.17) is 9.84 Å². The second-order valence-corrected chi connectivity index (χ2v) is 12.4. The Bertz CT molecular complexity index is 1270. The van der Waals surface area contributed by atoms with Crippen LogP contribution < -0.4 is 10.1 Å². The van der Waals surface area contributed by atoms with Gasteiger partial charge in [-0.15, -0.1) is 0 Å². The molecule has 9 nitrogen and oxygen atoms in total. The van der Waals surface area contributed by atoms with Crippen LogP contribution in [0.25, 0.3) is 0 Å². The van der Waals surface area contributed by atoms with Crippen molar-refractivity contribution in [3.63, 3.8) is 0 Å². The third-order valence-electron chi connectivity index (χ3n) is 9.84. The monoisotopic (exact) mass is 591 g/mol. The molecule has 3 N–H and O–H groups in total. The lowest BCUT2D eigenvalue weighted by Crippen LogP contribution is -2.75. The first-order valence-corrected chi connectivity index (χ1v) is 15.9. The molecule has 2 aromatic rings. The number of amides is 2. The fourth-order valence-corrected chi connectivity index (χ4v) is 7.06. The van der Waals surface area contributed by atoms with E-state index in [1.54, 1.807) is 12.1 Å². The van der Waals surface area contributed by atoms with Gasteiger partial charge in [-0.3, -0.25) is 14.5 Å². The van der Waals surface area contributed by atoms with E-state index in [2.05, 4.69) is 24.1 Å². The van der Waals surface area contributed by atoms with E-state index in [0.717, 1.165) is 50.5 Å². The van der Waals surface area contributed by atoms with Gasteiger partial charge in [-0.25, -0.2) is 4.79 Å². The highest BCUT2D eigenvalue weighted by Crippen LogP contribution is 2.38. The van der Waals surface area contributed by atoms with Gasteiger partial charge in [0.15, 0.2) is 0 Å². The fraction of sp³-hybridized carbons (Fsp3) is 0.559. The minimum absolute atomic E-state index is 0.0574. The molecule has 1 aliphatic carbocycles. The van der Waals surface area contributed by atoms with Gasteiger partial charge in [0.2, 0.25) is 11.8 Å². The summed E-state index contributed by atoms with van der Waals surface area (Å²) in [5.74, 6) is 0.0609. The summed E-state index contributed by atoms with van der Waals surface area (Å²) in [5.41, 5.74) is 0.450. The maximum absolute atomic E-state index is 13.9. The van der Waals surface area contributed by atoms with Crippen LogP contribution in [0.2, 0.25) is 0 Å². The number of piperazine rings is 1. The lowest BCUT2D eigenvalue weighted by Gasteiger charge is -2.53. The Balaban J connectivity index is 1.23. The smallest absolute Gasteiger partial charge is 0.335 e. The van der Waals surface area contributed by atoms with Crippen LogP contribution >= 0.6 is 0 Å². The predicted molar refractivity (Wildman–Crippen MR) is 163 cm³/mol. The van der Waals surface area contributed by atoms with Crippen LogP contribution in [-0.2, 0) is 9.59 Å². The Labute approximate surface area is 254 Å². The van der Waals surface area contributed by atoms with Gasteiger partial charge in [-0.2, -0.15) is 0 Å². The number of unbranched alkanes of at least 4 members (excludes halogenated alkanes) is 1. The highest BCUT2D eigenvalue weighted by molar-refractivity contribution is 6.00. The van der Waals surface area contributed by atoms with Crippen molar-refractivity contribution in [3.8, 4) is 11.5 Å². The average Bonchev–Trinajstić information content (AvgIpc) is 3.03. The van der Waals surface area contributed by atoms with Crippen LogP contribution in [0.1, 0.15) is 93.6 Å². The number of likely N-dealkylation sites (tertiary alicyclic amines) is 1. The van der Waals surface area contributed by atoms with E-state index in [1.807, 2.05) is 29.2 Å². The van der Waals surface area contributed by atoms with Crippen molar-refractivity contribution >= 4 is 17.8 Å². The maximum atomic E-state index is 13.9. The minimum atomic E-state index is -0.976. The quantitative estimate of drug-likeness (QED) is 0.350. The number of carbonyl (C=O) groups excluding carboxylic acids is 2. The molecule has 1 spiro atoms. The van der Waals surface area contributed by atoms with E-state index in [1.165, 1.54) is 12.1 Å². The van der Waals surface area contributed by atoms with Crippen molar-refractivity contribution in [1.82, 2.24) is 15.1 Å². The number of carboxylic acids is 1. The van der Waals surface area contributed by atoms with Gasteiger partial charge in [-0.1, -0.05) is 44.7 Å². The van der Waals surface area contributed by atoms with Crippen molar-refractivity contribution in [2.75, 3.05) is 19.6 Å². The van der Waals surface area contributed by atoms with E-state index in [0.29, 0.717) is 44.0 Å². The van der Waals surface area contributed by atoms with E-state index in [-0.39, 0.29) is 29.3 Å². The fourth-order valence-electron chi connectivity index (χ4n) is 7.06. The van der Waals surface area contributed by atoms with Gasteiger partial charge < -0.3 is 25.2 Å². The molecule has 3 atom stereocenters. The van der Waals surface area contributed by atoms with Crippen molar-refractivity contribution in [3.05, 3.63) is 59.7 Å². The molecule has 5 rings (SSSR count). The molecule has 2 heterocycles. The second kappa shape index (κ2) is 13.5. The molecule has 3 fully saturated rings. The lowest BCUT2D eigenvalue weighted by atomic mass is 9.77. The number of ether oxygens (including phenoxy) is 1. The van der Waals surface area contributed by atoms with Gasteiger partial charge in [0.05, 0.1) is 11.7 Å². The predicted octanol–water partition coefficient (Wildman–Crippen LogP) is 5.14.